The van der Waals surface area contributed by atoms with Crippen molar-refractivity contribution in [2.45, 2.75) is 322 Å². The fraction of sp³-hybridized carbons (Fsp3) is 0.732. The lowest BCUT2D eigenvalue weighted by Gasteiger charge is -2.18. The highest BCUT2D eigenvalue weighted by molar-refractivity contribution is 5.71. The van der Waals surface area contributed by atoms with Gasteiger partial charge in [0.25, 0.3) is 0 Å². The van der Waals surface area contributed by atoms with Crippen LogP contribution in [-0.4, -0.2) is 37.2 Å². The Balaban J connectivity index is 4.37. The molecule has 0 aromatic heterocycles. The second-order valence-corrected chi connectivity index (χ2v) is 21.6. The maximum Gasteiger partial charge on any atom is 0.306 e. The summed E-state index contributed by atoms with van der Waals surface area (Å²) in [6, 6.07) is 0. The van der Waals surface area contributed by atoms with Gasteiger partial charge in [0.2, 0.25) is 0 Å². The summed E-state index contributed by atoms with van der Waals surface area (Å²) in [7, 11) is 0. The number of esters is 3. The van der Waals surface area contributed by atoms with Crippen LogP contribution in [0.5, 0.6) is 0 Å². The van der Waals surface area contributed by atoms with Crippen molar-refractivity contribution >= 4 is 17.9 Å². The van der Waals surface area contributed by atoms with E-state index >= 15 is 0 Å². The third-order valence-corrected chi connectivity index (χ3v) is 14.1. The van der Waals surface area contributed by atoms with E-state index in [1.54, 1.807) is 0 Å². The molecule has 0 aromatic rings. The van der Waals surface area contributed by atoms with Gasteiger partial charge in [0.05, 0.1) is 0 Å². The second-order valence-electron chi connectivity index (χ2n) is 21.6. The van der Waals surface area contributed by atoms with Gasteiger partial charge in [-0.3, -0.25) is 14.4 Å². The Labute approximate surface area is 477 Å². The van der Waals surface area contributed by atoms with E-state index in [0.717, 1.165) is 116 Å². The van der Waals surface area contributed by atoms with Gasteiger partial charge in [0, 0.05) is 19.3 Å². The van der Waals surface area contributed by atoms with Crippen LogP contribution in [0.3, 0.4) is 0 Å². The molecule has 0 saturated heterocycles. The number of carbonyl (C=O) groups excluding carboxylic acids is 3. The quantitative estimate of drug-likeness (QED) is 0.0261. The summed E-state index contributed by atoms with van der Waals surface area (Å²) in [5.41, 5.74) is 0. The molecule has 0 radical (unpaired) electrons. The van der Waals surface area contributed by atoms with Crippen molar-refractivity contribution < 1.29 is 28.6 Å². The van der Waals surface area contributed by atoms with Gasteiger partial charge in [-0.15, -0.1) is 0 Å². The van der Waals surface area contributed by atoms with E-state index in [1.165, 1.54) is 161 Å². The van der Waals surface area contributed by atoms with E-state index in [1.807, 2.05) is 0 Å². The van der Waals surface area contributed by atoms with Crippen LogP contribution in [-0.2, 0) is 28.6 Å². The monoisotopic (exact) mass is 1070 g/mol. The molecule has 0 heterocycles. The lowest BCUT2D eigenvalue weighted by atomic mass is 10.0. The molecule has 0 N–H and O–H groups in total. The van der Waals surface area contributed by atoms with Crippen molar-refractivity contribution in [3.8, 4) is 0 Å². The van der Waals surface area contributed by atoms with Crippen LogP contribution < -0.4 is 0 Å². The predicted molar refractivity (Wildman–Crippen MR) is 334 cm³/mol. The Kier molecular flexibility index (Phi) is 61.8. The molecule has 0 rings (SSSR count). The minimum absolute atomic E-state index is 0.0792. The topological polar surface area (TPSA) is 78.9 Å². The number of rotatable bonds is 59. The largest absolute Gasteiger partial charge is 0.462 e. The third kappa shape index (κ3) is 63.0. The molecule has 0 amide bonds. The number of hydrogen-bond acceptors (Lipinski definition) is 6. The van der Waals surface area contributed by atoms with Crippen molar-refractivity contribution in [2.75, 3.05) is 13.2 Å². The molecule has 0 fully saturated rings. The number of allylic oxidation sites excluding steroid dienone is 16. The minimum atomic E-state index is -0.784. The summed E-state index contributed by atoms with van der Waals surface area (Å²) in [4.78, 5) is 38.4. The summed E-state index contributed by atoms with van der Waals surface area (Å²) in [5.74, 6) is -0.878. The maximum absolute atomic E-state index is 12.9. The molecular weight excluding hydrogens is 949 g/mol. The first-order valence-electron chi connectivity index (χ1n) is 32.7. The van der Waals surface area contributed by atoms with Gasteiger partial charge in [-0.2, -0.15) is 0 Å². The van der Waals surface area contributed by atoms with Gasteiger partial charge < -0.3 is 14.2 Å². The lowest BCUT2D eigenvalue weighted by molar-refractivity contribution is -0.167. The van der Waals surface area contributed by atoms with E-state index in [4.69, 9.17) is 14.2 Å². The fourth-order valence-corrected chi connectivity index (χ4v) is 9.25. The predicted octanol–water partition coefficient (Wildman–Crippen LogP) is 22.4. The van der Waals surface area contributed by atoms with Crippen molar-refractivity contribution in [1.29, 1.82) is 0 Å². The van der Waals surface area contributed by atoms with Crippen molar-refractivity contribution in [1.82, 2.24) is 0 Å². The summed E-state index contributed by atoms with van der Waals surface area (Å²) >= 11 is 0. The Bertz CT molecular complexity index is 1510. The molecule has 6 nitrogen and oxygen atoms in total. The van der Waals surface area contributed by atoms with Crippen LogP contribution in [0.1, 0.15) is 316 Å². The average molecular weight is 1070 g/mol. The van der Waals surface area contributed by atoms with Crippen molar-refractivity contribution in [2.24, 2.45) is 0 Å². The van der Waals surface area contributed by atoms with Crippen molar-refractivity contribution in [3.63, 3.8) is 0 Å². The number of ether oxygens (including phenoxy) is 3. The molecule has 0 aliphatic heterocycles. The zero-order chi connectivity index (χ0) is 55.7. The summed E-state index contributed by atoms with van der Waals surface area (Å²) in [6.45, 7) is 6.44. The molecular formula is C71H122O6. The number of hydrogen-bond donors (Lipinski definition) is 0. The molecule has 442 valence electrons. The van der Waals surface area contributed by atoms with E-state index in [-0.39, 0.29) is 31.1 Å². The lowest BCUT2D eigenvalue weighted by Crippen LogP contribution is -2.30. The molecule has 0 aliphatic rings. The molecule has 0 aliphatic carbocycles. The highest BCUT2D eigenvalue weighted by Crippen LogP contribution is 2.17. The standard InChI is InChI=1S/C71H122O6/c1-4-7-10-13-16-19-22-25-28-30-32-34-35-37-38-40-43-46-49-52-55-58-61-64-70(73)76-67-68(66-75-69(72)63-60-57-54-51-48-45-42-27-24-21-18-15-12-9-6-3)77-71(74)65-62-59-56-53-50-47-44-41-39-36-33-31-29-26-23-20-17-14-11-8-5-2/h7-8,10-11,16-17,19-20,25-26,28-29,32-34,36,68H,4-6,9,12-15,18,21-24,27,30-31,35,37-67H2,1-3H3/b10-7-,11-8-,19-16-,20-17-,28-25-,29-26-,34-32-,36-33-. The minimum Gasteiger partial charge on any atom is -0.462 e. The SMILES string of the molecule is CC/C=C\C/C=C\C/C=C\C/C=C\CCCCCCCCCCCCC(=O)OCC(COC(=O)CCCCCCCCCCCCCCCCC)OC(=O)CCCCCCCCCC/C=C\C/C=C\C/C=C\C/C=C\CC. The summed E-state index contributed by atoms with van der Waals surface area (Å²) < 4.78 is 17.0. The summed E-state index contributed by atoms with van der Waals surface area (Å²) in [6.07, 6.45) is 86.9. The first-order valence-corrected chi connectivity index (χ1v) is 32.7. The second kappa shape index (κ2) is 64.9. The molecule has 0 saturated carbocycles. The number of unbranched alkanes of at least 4 members (excludes halogenated alkanes) is 32. The Morgan fingerprint density at radius 3 is 0.792 bits per heavy atom. The molecule has 0 spiro atoms. The fourth-order valence-electron chi connectivity index (χ4n) is 9.25. The highest BCUT2D eigenvalue weighted by Gasteiger charge is 2.19. The van der Waals surface area contributed by atoms with E-state index in [9.17, 15) is 14.4 Å². The van der Waals surface area contributed by atoms with Crippen LogP contribution >= 0.6 is 0 Å². The zero-order valence-electron chi connectivity index (χ0n) is 50.7. The van der Waals surface area contributed by atoms with Crippen molar-refractivity contribution in [3.05, 3.63) is 97.2 Å². The first kappa shape index (κ1) is 73.3. The normalized spacial score (nSPS) is 12.7. The molecule has 1 atom stereocenters. The van der Waals surface area contributed by atoms with Gasteiger partial charge in [-0.1, -0.05) is 298 Å². The van der Waals surface area contributed by atoms with E-state index in [0.29, 0.717) is 19.3 Å². The van der Waals surface area contributed by atoms with Crippen LogP contribution in [0.2, 0.25) is 0 Å². The highest BCUT2D eigenvalue weighted by atomic mass is 16.6. The molecule has 0 aromatic carbocycles. The Morgan fingerprint density at radius 1 is 0.273 bits per heavy atom. The maximum atomic E-state index is 12.9. The summed E-state index contributed by atoms with van der Waals surface area (Å²) in [5, 5.41) is 0. The van der Waals surface area contributed by atoms with Crippen LogP contribution in [0, 0.1) is 0 Å². The zero-order valence-corrected chi connectivity index (χ0v) is 50.7. The van der Waals surface area contributed by atoms with Gasteiger partial charge in [0.15, 0.2) is 6.10 Å². The average Bonchev–Trinajstić information content (AvgIpc) is 3.43. The van der Waals surface area contributed by atoms with E-state index < -0.39 is 6.10 Å². The molecule has 77 heavy (non-hydrogen) atoms. The van der Waals surface area contributed by atoms with Crippen LogP contribution in [0.25, 0.3) is 0 Å². The molecule has 1 unspecified atom stereocenters. The van der Waals surface area contributed by atoms with Crippen LogP contribution in [0.4, 0.5) is 0 Å². The van der Waals surface area contributed by atoms with E-state index in [2.05, 4.69) is 118 Å². The Hall–Kier alpha value is -3.67. The van der Waals surface area contributed by atoms with Gasteiger partial charge in [0.1, 0.15) is 13.2 Å². The van der Waals surface area contributed by atoms with Gasteiger partial charge in [-0.05, 0) is 96.3 Å². The Morgan fingerprint density at radius 2 is 0.506 bits per heavy atom. The van der Waals surface area contributed by atoms with Gasteiger partial charge in [-0.25, -0.2) is 0 Å². The number of carbonyl (C=O) groups is 3. The third-order valence-electron chi connectivity index (χ3n) is 14.1. The molecule has 6 heteroatoms. The van der Waals surface area contributed by atoms with Gasteiger partial charge >= 0.3 is 17.9 Å². The first-order chi connectivity index (χ1) is 38.0. The van der Waals surface area contributed by atoms with Crippen LogP contribution in [0.15, 0.2) is 97.2 Å². The smallest absolute Gasteiger partial charge is 0.306 e. The molecule has 0 bridgehead atoms.